The molecule has 2 aromatic carbocycles. The molecule has 1 aliphatic heterocycles. The number of nitrogens with zero attached hydrogens (tertiary/aromatic N) is 1. The van der Waals surface area contributed by atoms with E-state index in [1.807, 2.05) is 56.3 Å². The van der Waals surface area contributed by atoms with Crippen molar-refractivity contribution in [1.29, 1.82) is 0 Å². The van der Waals surface area contributed by atoms with E-state index < -0.39 is 5.92 Å². The molecule has 5 nitrogen and oxygen atoms in total. The van der Waals surface area contributed by atoms with E-state index in [9.17, 15) is 4.79 Å². The molecule has 1 heterocycles. The summed E-state index contributed by atoms with van der Waals surface area (Å²) in [7, 11) is 3.97. The predicted molar refractivity (Wildman–Crippen MR) is 120 cm³/mol. The van der Waals surface area contributed by atoms with Crippen LogP contribution in [-0.4, -0.2) is 25.1 Å². The van der Waals surface area contributed by atoms with Crippen molar-refractivity contribution in [1.82, 2.24) is 10.6 Å². The highest BCUT2D eigenvalue weighted by Gasteiger charge is 2.36. The van der Waals surface area contributed by atoms with Crippen LogP contribution in [0.15, 0.2) is 54.7 Å². The van der Waals surface area contributed by atoms with Crippen LogP contribution in [0.5, 0.6) is 0 Å². The fourth-order valence-corrected chi connectivity index (χ4v) is 3.62. The zero-order valence-corrected chi connectivity index (χ0v) is 17.6. The minimum Gasteiger partial charge on any atom is -0.378 e. The molecule has 0 radical (unpaired) electrons. The Morgan fingerprint density at radius 3 is 2.54 bits per heavy atom. The molecule has 1 amide bonds. The van der Waals surface area contributed by atoms with E-state index in [1.54, 1.807) is 12.1 Å². The Morgan fingerprint density at radius 1 is 1.21 bits per heavy atom. The molecule has 1 aliphatic rings. The lowest BCUT2D eigenvalue weighted by Gasteiger charge is -2.35. The standard InChI is InChI=1S/C21H23ClN4OS/c1-12-5-8-15(22)11-17(12)24-20(27)18-13(2)23-21(28)25-19(18)14-6-9-16(10-7-14)26(3)4/h5-11,18-19H,2H2,1,3-4H3,(H,24,27)(H2,23,25,28). The molecule has 0 aromatic heterocycles. The Labute approximate surface area is 175 Å². The Morgan fingerprint density at radius 2 is 1.89 bits per heavy atom. The third kappa shape index (κ3) is 4.29. The molecule has 1 fully saturated rings. The molecule has 0 aliphatic carbocycles. The van der Waals surface area contributed by atoms with Crippen LogP contribution in [0.2, 0.25) is 5.02 Å². The summed E-state index contributed by atoms with van der Waals surface area (Å²) in [4.78, 5) is 15.2. The van der Waals surface area contributed by atoms with Crippen molar-refractivity contribution in [3.8, 4) is 0 Å². The van der Waals surface area contributed by atoms with Crippen LogP contribution in [-0.2, 0) is 4.79 Å². The van der Waals surface area contributed by atoms with Crippen molar-refractivity contribution in [3.63, 3.8) is 0 Å². The Kier molecular flexibility index (Phi) is 5.91. The SMILES string of the molecule is C=C1NC(=S)NC(c2ccc(N(C)C)cc2)C1C(=O)Nc1cc(Cl)ccc1C. The van der Waals surface area contributed by atoms with E-state index >= 15 is 0 Å². The number of hydrogen-bond acceptors (Lipinski definition) is 3. The molecule has 0 bridgehead atoms. The topological polar surface area (TPSA) is 56.4 Å². The number of amides is 1. The largest absolute Gasteiger partial charge is 0.378 e. The molecule has 3 N–H and O–H groups in total. The van der Waals surface area contributed by atoms with Gasteiger partial charge in [0, 0.05) is 36.2 Å². The zero-order chi connectivity index (χ0) is 20.4. The number of anilines is 2. The first-order valence-corrected chi connectivity index (χ1v) is 9.65. The van der Waals surface area contributed by atoms with E-state index in [4.69, 9.17) is 23.8 Å². The van der Waals surface area contributed by atoms with E-state index in [1.165, 1.54) is 0 Å². The van der Waals surface area contributed by atoms with E-state index in [0.29, 0.717) is 21.5 Å². The first-order chi connectivity index (χ1) is 13.3. The number of hydrogen-bond donors (Lipinski definition) is 3. The molecule has 2 atom stereocenters. The van der Waals surface area contributed by atoms with E-state index in [2.05, 4.69) is 22.5 Å². The summed E-state index contributed by atoms with van der Waals surface area (Å²) < 4.78 is 0. The summed E-state index contributed by atoms with van der Waals surface area (Å²) in [5.41, 5.74) is 4.21. The van der Waals surface area contributed by atoms with Gasteiger partial charge in [-0.25, -0.2) is 0 Å². The Bertz CT molecular complexity index is 927. The average Bonchev–Trinajstić information content (AvgIpc) is 2.64. The maximum Gasteiger partial charge on any atom is 0.235 e. The Balaban J connectivity index is 1.90. The third-order valence-corrected chi connectivity index (χ3v) is 5.23. The summed E-state index contributed by atoms with van der Waals surface area (Å²) >= 11 is 11.4. The monoisotopic (exact) mass is 414 g/mol. The summed E-state index contributed by atoms with van der Waals surface area (Å²) in [5, 5.41) is 10.2. The van der Waals surface area contributed by atoms with Crippen LogP contribution < -0.4 is 20.9 Å². The minimum atomic E-state index is -0.546. The number of carbonyl (C=O) groups is 1. The lowest BCUT2D eigenvalue weighted by Crippen LogP contribution is -2.51. The van der Waals surface area contributed by atoms with Gasteiger partial charge in [-0.05, 0) is 54.5 Å². The van der Waals surface area contributed by atoms with Crippen LogP contribution in [0.3, 0.4) is 0 Å². The van der Waals surface area contributed by atoms with E-state index in [0.717, 1.165) is 16.8 Å². The molecule has 0 saturated carbocycles. The minimum absolute atomic E-state index is 0.181. The molecule has 0 spiro atoms. The van der Waals surface area contributed by atoms with Gasteiger partial charge in [-0.2, -0.15) is 0 Å². The lowest BCUT2D eigenvalue weighted by molar-refractivity contribution is -0.119. The van der Waals surface area contributed by atoms with Crippen LogP contribution in [0.1, 0.15) is 17.2 Å². The van der Waals surface area contributed by atoms with Gasteiger partial charge in [0.2, 0.25) is 5.91 Å². The van der Waals surface area contributed by atoms with Crippen LogP contribution in [0.25, 0.3) is 0 Å². The second kappa shape index (κ2) is 8.20. The Hall–Kier alpha value is -2.57. The lowest BCUT2D eigenvalue weighted by atomic mass is 9.88. The average molecular weight is 415 g/mol. The number of thiocarbonyl (C=S) groups is 1. The van der Waals surface area contributed by atoms with E-state index in [-0.39, 0.29) is 11.9 Å². The number of halogens is 1. The number of benzene rings is 2. The van der Waals surface area contributed by atoms with Crippen molar-refractivity contribution in [2.45, 2.75) is 13.0 Å². The highest BCUT2D eigenvalue weighted by atomic mass is 35.5. The van der Waals surface area contributed by atoms with Gasteiger partial charge in [0.25, 0.3) is 0 Å². The number of aryl methyl sites for hydroxylation is 1. The second-order valence-electron chi connectivity index (χ2n) is 7.01. The van der Waals surface area contributed by atoms with Gasteiger partial charge in [-0.15, -0.1) is 0 Å². The maximum atomic E-state index is 13.2. The summed E-state index contributed by atoms with van der Waals surface area (Å²) in [6.45, 7) is 5.96. The summed E-state index contributed by atoms with van der Waals surface area (Å²) in [6, 6.07) is 13.1. The molecule has 28 heavy (non-hydrogen) atoms. The van der Waals surface area contributed by atoms with Gasteiger partial charge in [0.1, 0.15) is 5.92 Å². The predicted octanol–water partition coefficient (Wildman–Crippen LogP) is 4.00. The van der Waals surface area contributed by atoms with Crippen molar-refractivity contribution in [2.75, 3.05) is 24.3 Å². The normalized spacial score (nSPS) is 18.9. The van der Waals surface area contributed by atoms with Crippen LogP contribution in [0, 0.1) is 12.8 Å². The van der Waals surface area contributed by atoms with Gasteiger partial charge in [0.15, 0.2) is 5.11 Å². The number of nitrogens with one attached hydrogen (secondary N) is 3. The molecule has 146 valence electrons. The second-order valence-corrected chi connectivity index (χ2v) is 7.86. The highest BCUT2D eigenvalue weighted by molar-refractivity contribution is 7.80. The van der Waals surface area contributed by atoms with Gasteiger partial charge in [0.05, 0.1) is 6.04 Å². The van der Waals surface area contributed by atoms with Crippen LogP contribution >= 0.6 is 23.8 Å². The highest BCUT2D eigenvalue weighted by Crippen LogP contribution is 2.32. The maximum absolute atomic E-state index is 13.2. The summed E-state index contributed by atoms with van der Waals surface area (Å²) in [5.74, 6) is -0.727. The van der Waals surface area contributed by atoms with Gasteiger partial charge in [-0.3, -0.25) is 4.79 Å². The first-order valence-electron chi connectivity index (χ1n) is 8.87. The van der Waals surface area contributed by atoms with Crippen molar-refractivity contribution in [3.05, 3.63) is 70.9 Å². The summed E-state index contributed by atoms with van der Waals surface area (Å²) in [6.07, 6.45) is 0. The zero-order valence-electron chi connectivity index (χ0n) is 16.0. The van der Waals surface area contributed by atoms with Gasteiger partial charge < -0.3 is 20.9 Å². The molecular formula is C21H23ClN4OS. The number of rotatable bonds is 4. The third-order valence-electron chi connectivity index (χ3n) is 4.78. The fourth-order valence-electron chi connectivity index (χ4n) is 3.19. The van der Waals surface area contributed by atoms with Crippen LogP contribution in [0.4, 0.5) is 11.4 Å². The van der Waals surface area contributed by atoms with Crippen molar-refractivity contribution < 1.29 is 4.79 Å². The molecule has 1 saturated heterocycles. The molecule has 2 unspecified atom stereocenters. The quantitative estimate of drug-likeness (QED) is 0.660. The fraction of sp³-hybridized carbons (Fsp3) is 0.238. The molecule has 7 heteroatoms. The molecule has 2 aromatic rings. The molecular weight excluding hydrogens is 392 g/mol. The van der Waals surface area contributed by atoms with Crippen molar-refractivity contribution >= 4 is 46.2 Å². The number of carbonyl (C=O) groups excluding carboxylic acids is 1. The van der Waals surface area contributed by atoms with Gasteiger partial charge in [-0.1, -0.05) is 36.4 Å². The molecule has 3 rings (SSSR count). The van der Waals surface area contributed by atoms with Crippen molar-refractivity contribution in [2.24, 2.45) is 5.92 Å². The van der Waals surface area contributed by atoms with Gasteiger partial charge >= 0.3 is 0 Å². The first kappa shape index (κ1) is 20.2. The smallest absolute Gasteiger partial charge is 0.235 e.